The number of hydrogen-bond donors (Lipinski definition) is 3. The first-order valence-corrected chi connectivity index (χ1v) is 8.92. The first-order chi connectivity index (χ1) is 13.2. The summed E-state index contributed by atoms with van der Waals surface area (Å²) in [6.45, 7) is -0.299. The number of nitrogens with one attached hydrogen (secondary N) is 2. The number of benzene rings is 2. The van der Waals surface area contributed by atoms with Crippen LogP contribution in [0.25, 0.3) is 22.0 Å². The van der Waals surface area contributed by atoms with E-state index in [-0.39, 0.29) is 108 Å². The van der Waals surface area contributed by atoms with Gasteiger partial charge in [0.15, 0.2) is 0 Å². The summed E-state index contributed by atoms with van der Waals surface area (Å²) in [7, 11) is 0. The van der Waals surface area contributed by atoms with Crippen LogP contribution in [0.5, 0.6) is 0 Å². The van der Waals surface area contributed by atoms with Crippen molar-refractivity contribution in [2.45, 2.75) is 11.1 Å². The van der Waals surface area contributed by atoms with Crippen molar-refractivity contribution in [3.63, 3.8) is 0 Å². The van der Waals surface area contributed by atoms with Crippen molar-refractivity contribution in [3.05, 3.63) is 69.0 Å². The van der Waals surface area contributed by atoms with Gasteiger partial charge in [0.1, 0.15) is 5.82 Å². The summed E-state index contributed by atoms with van der Waals surface area (Å²) < 4.78 is 54.7. The zero-order valence-corrected chi connectivity index (χ0v) is 22.2. The fraction of sp³-hybridized carbons (Fsp3) is 0.167. The fourth-order valence-corrected chi connectivity index (χ4v) is 3.81. The van der Waals surface area contributed by atoms with Crippen molar-refractivity contribution < 1.29 is 91.6 Å². The molecule has 1 aromatic heterocycles. The van der Waals surface area contributed by atoms with Gasteiger partial charge in [-0.3, -0.25) is 16.2 Å². The Hall–Kier alpha value is -0.538. The second-order valence-corrected chi connectivity index (χ2v) is 6.78. The number of alkyl halides is 3. The molecular weight excluding hydrogens is 533 g/mol. The molecule has 0 bridgehead atoms. The number of halogens is 4. The predicted molar refractivity (Wildman–Crippen MR) is 97.7 cm³/mol. The molecular formula is C18H13CsF4N2O3S. The maximum Gasteiger partial charge on any atom is 1.00 e. The summed E-state index contributed by atoms with van der Waals surface area (Å²) in [5.41, 5.74) is -3.17. The van der Waals surface area contributed by atoms with Crippen LogP contribution in [0.4, 0.5) is 17.6 Å². The van der Waals surface area contributed by atoms with Gasteiger partial charge >= 0.3 is 80.8 Å². The Morgan fingerprint density at radius 3 is 2.34 bits per heavy atom. The van der Waals surface area contributed by atoms with E-state index in [2.05, 4.69) is 4.98 Å². The monoisotopic (exact) mass is 546 g/mol. The molecule has 0 amide bonds. The SMILES string of the molecule is O=c1[nH]c(=O)c2cc(C(F)(F)F)c(-c3ccc(F)cc3)c(SC[CH-]CO)c2[nH]1.[Cs+]. The van der Waals surface area contributed by atoms with Gasteiger partial charge in [-0.05, 0) is 23.8 Å². The zero-order valence-electron chi connectivity index (χ0n) is 15.1. The molecule has 3 N–H and O–H groups in total. The first-order valence-electron chi connectivity index (χ1n) is 7.94. The molecule has 0 aliphatic rings. The Kier molecular flexibility index (Phi) is 8.68. The van der Waals surface area contributed by atoms with Gasteiger partial charge in [0, 0.05) is 10.5 Å². The molecule has 11 heteroatoms. The second kappa shape index (κ2) is 10.2. The van der Waals surface area contributed by atoms with Crippen LogP contribution in [0.1, 0.15) is 5.56 Å². The van der Waals surface area contributed by atoms with E-state index in [0.29, 0.717) is 6.07 Å². The first kappa shape index (κ1) is 24.7. The summed E-state index contributed by atoms with van der Waals surface area (Å²) in [6.07, 6.45) is -3.40. The number of aliphatic hydroxyl groups excluding tert-OH is 1. The number of fused-ring (bicyclic) bond motifs is 1. The second-order valence-electron chi connectivity index (χ2n) is 5.75. The van der Waals surface area contributed by atoms with E-state index in [1.54, 1.807) is 0 Å². The number of hydrogen-bond acceptors (Lipinski definition) is 4. The molecule has 0 aliphatic carbocycles. The molecule has 0 saturated heterocycles. The fourth-order valence-electron chi connectivity index (χ4n) is 2.74. The molecule has 2 aromatic carbocycles. The van der Waals surface area contributed by atoms with Crippen LogP contribution < -0.4 is 80.1 Å². The molecule has 0 radical (unpaired) electrons. The minimum atomic E-state index is -4.81. The molecule has 0 saturated carbocycles. The van der Waals surface area contributed by atoms with Gasteiger partial charge in [-0.1, -0.05) is 18.7 Å². The van der Waals surface area contributed by atoms with Crippen molar-refractivity contribution in [2.24, 2.45) is 0 Å². The van der Waals surface area contributed by atoms with Gasteiger partial charge in [0.2, 0.25) is 0 Å². The van der Waals surface area contributed by atoms with Gasteiger partial charge in [-0.15, -0.1) is 5.75 Å². The van der Waals surface area contributed by atoms with Gasteiger partial charge in [0.25, 0.3) is 5.56 Å². The Morgan fingerprint density at radius 1 is 1.10 bits per heavy atom. The molecule has 148 valence electrons. The van der Waals surface area contributed by atoms with Gasteiger partial charge in [0.05, 0.1) is 16.5 Å². The number of thioether (sulfide) groups is 1. The minimum absolute atomic E-state index is 0. The van der Waals surface area contributed by atoms with Crippen molar-refractivity contribution in [1.29, 1.82) is 0 Å². The van der Waals surface area contributed by atoms with E-state index < -0.39 is 28.8 Å². The van der Waals surface area contributed by atoms with Gasteiger partial charge < -0.3 is 10.1 Å². The topological polar surface area (TPSA) is 85.9 Å². The third-order valence-corrected chi connectivity index (χ3v) is 5.00. The molecule has 0 atom stereocenters. The van der Waals surface area contributed by atoms with E-state index in [9.17, 15) is 27.2 Å². The maximum absolute atomic E-state index is 13.8. The molecule has 3 aromatic rings. The number of aromatic nitrogens is 2. The Bertz CT molecular complexity index is 1130. The molecule has 0 unspecified atom stereocenters. The van der Waals surface area contributed by atoms with Crippen LogP contribution in [0.3, 0.4) is 0 Å². The minimum Gasteiger partial charge on any atom is -0.428 e. The van der Waals surface area contributed by atoms with Crippen molar-refractivity contribution in [1.82, 2.24) is 9.97 Å². The predicted octanol–water partition coefficient (Wildman–Crippen LogP) is 0.334. The summed E-state index contributed by atoms with van der Waals surface area (Å²) >= 11 is 0.916. The Labute approximate surface area is 224 Å². The molecule has 0 aliphatic heterocycles. The van der Waals surface area contributed by atoms with E-state index >= 15 is 0 Å². The number of aliphatic hydroxyl groups is 1. The summed E-state index contributed by atoms with van der Waals surface area (Å²) in [5, 5.41) is 8.61. The smallest absolute Gasteiger partial charge is 0.428 e. The number of rotatable bonds is 5. The number of H-pyrrole nitrogens is 2. The summed E-state index contributed by atoms with van der Waals surface area (Å²) in [4.78, 5) is 28.1. The zero-order chi connectivity index (χ0) is 20.5. The van der Waals surface area contributed by atoms with Gasteiger partial charge in [-0.2, -0.15) is 24.9 Å². The molecule has 0 fully saturated rings. The van der Waals surface area contributed by atoms with E-state index in [1.165, 1.54) is 18.6 Å². The van der Waals surface area contributed by atoms with Crippen LogP contribution in [0.15, 0.2) is 44.8 Å². The molecule has 29 heavy (non-hydrogen) atoms. The quantitative estimate of drug-likeness (QED) is 0.187. The Morgan fingerprint density at radius 2 is 1.76 bits per heavy atom. The van der Waals surface area contributed by atoms with Crippen LogP contribution in [-0.2, 0) is 6.18 Å². The molecule has 5 nitrogen and oxygen atoms in total. The number of aromatic amines is 2. The largest absolute Gasteiger partial charge is 1.00 e. The normalized spacial score (nSPS) is 11.5. The summed E-state index contributed by atoms with van der Waals surface area (Å²) in [5.74, 6) is -0.499. The van der Waals surface area contributed by atoms with Gasteiger partial charge in [-0.25, -0.2) is 9.18 Å². The van der Waals surface area contributed by atoms with E-state index in [1.807, 2.05) is 4.98 Å². The Balaban J connectivity index is 0.00000300. The maximum atomic E-state index is 13.8. The standard InChI is InChI=1S/C18H13F4N2O3S.Cs/c19-10-4-2-9(3-5-10)13-12(18(20,21)22)8-11-14(15(13)28-7-1-6-25)23-17(27)24-16(11)26;/h1-5,8,25H,6-7H2,(H2,23,24,26,27);/q-1;+1. The van der Waals surface area contributed by atoms with Crippen LogP contribution >= 0.6 is 11.8 Å². The molecule has 3 rings (SSSR count). The van der Waals surface area contributed by atoms with Crippen molar-refractivity contribution >= 4 is 22.7 Å². The third-order valence-electron chi connectivity index (χ3n) is 3.90. The average Bonchev–Trinajstić information content (AvgIpc) is 2.61. The van der Waals surface area contributed by atoms with Crippen LogP contribution in [0, 0.1) is 12.2 Å². The van der Waals surface area contributed by atoms with Crippen LogP contribution in [-0.4, -0.2) is 27.4 Å². The van der Waals surface area contributed by atoms with Crippen molar-refractivity contribution in [2.75, 3.05) is 12.4 Å². The van der Waals surface area contributed by atoms with E-state index in [4.69, 9.17) is 5.11 Å². The van der Waals surface area contributed by atoms with E-state index in [0.717, 1.165) is 23.9 Å². The summed E-state index contributed by atoms with van der Waals surface area (Å²) in [6, 6.07) is 5.10. The average molecular weight is 546 g/mol. The molecule has 1 heterocycles. The van der Waals surface area contributed by atoms with Crippen LogP contribution in [0.2, 0.25) is 0 Å². The van der Waals surface area contributed by atoms with Crippen molar-refractivity contribution in [3.8, 4) is 11.1 Å². The third kappa shape index (κ3) is 5.58. The molecule has 0 spiro atoms.